The van der Waals surface area contributed by atoms with E-state index >= 15 is 0 Å². The molecule has 0 bridgehead atoms. The molecule has 0 amide bonds. The summed E-state index contributed by atoms with van der Waals surface area (Å²) in [6.45, 7) is 5.72. The number of hydrogen-bond donors (Lipinski definition) is 0. The van der Waals surface area contributed by atoms with Gasteiger partial charge >= 0.3 is 0 Å². The third kappa shape index (κ3) is 3.26. The summed E-state index contributed by atoms with van der Waals surface area (Å²) in [5.41, 5.74) is 3.89. The van der Waals surface area contributed by atoms with Crippen LogP contribution in [0.1, 0.15) is 12.6 Å². The molecule has 0 radical (unpaired) electrons. The molecule has 2 nitrogen and oxygen atoms in total. The van der Waals surface area contributed by atoms with Gasteiger partial charge in [-0.3, -0.25) is 9.98 Å². The minimum Gasteiger partial charge on any atom is -0.255 e. The van der Waals surface area contributed by atoms with Crippen LogP contribution in [0.5, 0.6) is 0 Å². The lowest BCUT2D eigenvalue weighted by atomic mass is 10.1. The lowest BCUT2D eigenvalue weighted by Gasteiger charge is -2.04. The molecule has 0 spiro atoms. The Morgan fingerprint density at radius 3 is 2.63 bits per heavy atom. The van der Waals surface area contributed by atoms with E-state index in [2.05, 4.69) is 28.7 Å². The smallest absolute Gasteiger partial charge is 0.0892 e. The molecule has 19 heavy (non-hydrogen) atoms. The van der Waals surface area contributed by atoms with Gasteiger partial charge in [-0.2, -0.15) is 0 Å². The van der Waals surface area contributed by atoms with Gasteiger partial charge in [-0.15, -0.1) is 0 Å². The number of benzene rings is 1. The zero-order valence-corrected chi connectivity index (χ0v) is 11.0. The van der Waals surface area contributed by atoms with Gasteiger partial charge in [0, 0.05) is 12.4 Å². The van der Waals surface area contributed by atoms with Crippen LogP contribution >= 0.6 is 0 Å². The quantitative estimate of drug-likeness (QED) is 0.742. The fourth-order valence-corrected chi connectivity index (χ4v) is 1.76. The lowest BCUT2D eigenvalue weighted by Crippen LogP contribution is -1.99. The first-order valence-corrected chi connectivity index (χ1v) is 6.18. The molecule has 1 aromatic carbocycles. The van der Waals surface area contributed by atoms with Crippen molar-refractivity contribution in [2.75, 3.05) is 0 Å². The molecule has 0 aliphatic rings. The molecule has 0 saturated heterocycles. The zero-order chi connectivity index (χ0) is 13.5. The fourth-order valence-electron chi connectivity index (χ4n) is 1.76. The van der Waals surface area contributed by atoms with Crippen molar-refractivity contribution in [1.29, 1.82) is 0 Å². The molecule has 0 aliphatic carbocycles. The van der Waals surface area contributed by atoms with Gasteiger partial charge in [0.2, 0.25) is 0 Å². The van der Waals surface area contributed by atoms with E-state index in [4.69, 9.17) is 0 Å². The first-order valence-electron chi connectivity index (χ1n) is 6.18. The van der Waals surface area contributed by atoms with Crippen molar-refractivity contribution >= 4 is 5.71 Å². The highest BCUT2D eigenvalue weighted by Crippen LogP contribution is 2.19. The minimum absolute atomic E-state index is 0.774. The van der Waals surface area contributed by atoms with E-state index in [1.54, 1.807) is 18.5 Å². The summed E-state index contributed by atoms with van der Waals surface area (Å²) in [5.74, 6) is 0. The summed E-state index contributed by atoms with van der Waals surface area (Å²) < 4.78 is 0. The molecule has 1 aromatic heterocycles. The van der Waals surface area contributed by atoms with Gasteiger partial charge in [0.15, 0.2) is 0 Å². The summed E-state index contributed by atoms with van der Waals surface area (Å²) in [5, 5.41) is 0. The van der Waals surface area contributed by atoms with Crippen molar-refractivity contribution in [1.82, 2.24) is 4.98 Å². The number of rotatable bonds is 4. The molecule has 2 heteroatoms. The van der Waals surface area contributed by atoms with Gasteiger partial charge in [-0.05, 0) is 36.3 Å². The Morgan fingerprint density at radius 2 is 1.95 bits per heavy atom. The molecule has 1 heterocycles. The predicted molar refractivity (Wildman–Crippen MR) is 81.2 cm³/mol. The van der Waals surface area contributed by atoms with Crippen LogP contribution < -0.4 is 0 Å². The van der Waals surface area contributed by atoms with Crippen molar-refractivity contribution < 1.29 is 0 Å². The summed E-state index contributed by atoms with van der Waals surface area (Å²) in [6, 6.07) is 14.2. The van der Waals surface area contributed by atoms with Crippen LogP contribution in [0.3, 0.4) is 0 Å². The monoisotopic (exact) mass is 248 g/mol. The third-order valence-electron chi connectivity index (χ3n) is 2.69. The first kappa shape index (κ1) is 13.0. The van der Waals surface area contributed by atoms with Crippen LogP contribution in [0.4, 0.5) is 0 Å². The molecule has 94 valence electrons. The second-order valence-electron chi connectivity index (χ2n) is 4.00. The average molecular weight is 248 g/mol. The lowest BCUT2D eigenvalue weighted by molar-refractivity contribution is 1.29. The fraction of sp³-hybridized carbons (Fsp3) is 0.0588. The molecule has 0 unspecified atom stereocenters. The van der Waals surface area contributed by atoms with Gasteiger partial charge in [0.1, 0.15) is 0 Å². The Morgan fingerprint density at radius 1 is 1.16 bits per heavy atom. The molecular formula is C17H16N2. The van der Waals surface area contributed by atoms with Crippen LogP contribution in [0.2, 0.25) is 0 Å². The number of aliphatic imine (C=N–C) groups is 1. The standard InChI is InChI=1S/C17H16N2/c1-3-11-18-16(4-2)17-13-15(10-12-19-17)14-8-6-5-7-9-14/h3-13H,2H2,1H3/b11-3-,18-16?. The molecule has 0 aliphatic heterocycles. The Hall–Kier alpha value is -2.48. The minimum atomic E-state index is 0.774. The molecule has 0 N–H and O–H groups in total. The highest BCUT2D eigenvalue weighted by atomic mass is 14.8. The molecular weight excluding hydrogens is 232 g/mol. The van der Waals surface area contributed by atoms with Gasteiger partial charge in [-0.25, -0.2) is 0 Å². The van der Waals surface area contributed by atoms with Crippen LogP contribution in [0.15, 0.2) is 78.6 Å². The SMILES string of the molecule is C=CC(=N/C=C\C)c1cc(-c2ccccc2)ccn1. The van der Waals surface area contributed by atoms with E-state index in [1.165, 1.54) is 5.56 Å². The van der Waals surface area contributed by atoms with E-state index in [0.29, 0.717) is 0 Å². The van der Waals surface area contributed by atoms with Gasteiger partial charge in [-0.1, -0.05) is 43.0 Å². The second kappa shape index (κ2) is 6.45. The van der Waals surface area contributed by atoms with Crippen LogP contribution in [-0.4, -0.2) is 10.7 Å². The number of hydrogen-bond acceptors (Lipinski definition) is 2. The molecule has 0 fully saturated rings. The Labute approximate surface area is 113 Å². The molecule has 2 aromatic rings. The number of aromatic nitrogens is 1. The number of allylic oxidation sites excluding steroid dienone is 2. The van der Waals surface area contributed by atoms with Crippen molar-refractivity contribution in [3.05, 3.63) is 79.3 Å². The number of pyridine rings is 1. The summed E-state index contributed by atoms with van der Waals surface area (Å²) in [4.78, 5) is 8.67. The first-order chi connectivity index (χ1) is 9.35. The molecule has 0 saturated carbocycles. The molecule has 2 rings (SSSR count). The largest absolute Gasteiger partial charge is 0.255 e. The highest BCUT2D eigenvalue weighted by Gasteiger charge is 2.03. The average Bonchev–Trinajstić information content (AvgIpc) is 2.49. The molecule has 0 atom stereocenters. The number of nitrogens with zero attached hydrogens (tertiary/aromatic N) is 2. The Bertz CT molecular complexity index is 610. The van der Waals surface area contributed by atoms with E-state index in [1.807, 2.05) is 43.3 Å². The summed E-state index contributed by atoms with van der Waals surface area (Å²) in [7, 11) is 0. The summed E-state index contributed by atoms with van der Waals surface area (Å²) in [6.07, 6.45) is 7.14. The van der Waals surface area contributed by atoms with Crippen LogP contribution in [-0.2, 0) is 0 Å². The van der Waals surface area contributed by atoms with Crippen LogP contribution in [0, 0.1) is 0 Å². The maximum absolute atomic E-state index is 4.35. The van der Waals surface area contributed by atoms with Crippen molar-refractivity contribution in [2.45, 2.75) is 6.92 Å². The normalized spacial score (nSPS) is 11.7. The maximum atomic E-state index is 4.35. The second-order valence-corrected chi connectivity index (χ2v) is 4.00. The van der Waals surface area contributed by atoms with Crippen molar-refractivity contribution in [3.8, 4) is 11.1 Å². The van der Waals surface area contributed by atoms with Crippen molar-refractivity contribution in [2.24, 2.45) is 4.99 Å². The Kier molecular flexibility index (Phi) is 4.40. The third-order valence-corrected chi connectivity index (χ3v) is 2.69. The zero-order valence-electron chi connectivity index (χ0n) is 11.0. The van der Waals surface area contributed by atoms with Crippen LogP contribution in [0.25, 0.3) is 11.1 Å². The Balaban J connectivity index is 2.42. The highest BCUT2D eigenvalue weighted by molar-refractivity contribution is 6.07. The van der Waals surface area contributed by atoms with E-state index < -0.39 is 0 Å². The van der Waals surface area contributed by atoms with Gasteiger partial charge < -0.3 is 0 Å². The van der Waals surface area contributed by atoms with E-state index in [0.717, 1.165) is 17.0 Å². The summed E-state index contributed by atoms with van der Waals surface area (Å²) >= 11 is 0. The van der Waals surface area contributed by atoms with E-state index in [-0.39, 0.29) is 0 Å². The van der Waals surface area contributed by atoms with Gasteiger partial charge in [0.25, 0.3) is 0 Å². The maximum Gasteiger partial charge on any atom is 0.0892 e. The topological polar surface area (TPSA) is 25.2 Å². The van der Waals surface area contributed by atoms with Gasteiger partial charge in [0.05, 0.1) is 11.4 Å². The van der Waals surface area contributed by atoms with Crippen molar-refractivity contribution in [3.63, 3.8) is 0 Å². The predicted octanol–water partition coefficient (Wildman–Crippen LogP) is 4.26. The van der Waals surface area contributed by atoms with E-state index in [9.17, 15) is 0 Å².